The van der Waals surface area contributed by atoms with Crippen LogP contribution in [0.3, 0.4) is 0 Å². The van der Waals surface area contributed by atoms with E-state index in [4.69, 9.17) is 0 Å². The Morgan fingerprint density at radius 2 is 1.85 bits per heavy atom. The summed E-state index contributed by atoms with van der Waals surface area (Å²) in [6.45, 7) is 0. The van der Waals surface area contributed by atoms with Gasteiger partial charge in [0.15, 0.2) is 0 Å². The van der Waals surface area contributed by atoms with Gasteiger partial charge in [0.25, 0.3) is 0 Å². The standard InChI is InChI=1S/C9H6Br2N2/c10-9(11)8-6-3-1-2-4-7(6)12-5-13-8/h1-5,9H. The molecule has 13 heavy (non-hydrogen) atoms. The minimum Gasteiger partial charge on any atom is -0.239 e. The molecule has 0 amide bonds. The predicted octanol–water partition coefficient (Wildman–Crippen LogP) is 3.42. The van der Waals surface area contributed by atoms with E-state index in [2.05, 4.69) is 41.8 Å². The smallest absolute Gasteiger partial charge is 0.116 e. The lowest BCUT2D eigenvalue weighted by atomic mass is 10.2. The maximum atomic E-state index is 4.20. The van der Waals surface area contributed by atoms with Gasteiger partial charge in [0, 0.05) is 5.39 Å². The third-order valence-electron chi connectivity index (χ3n) is 1.78. The first kappa shape index (κ1) is 9.09. The van der Waals surface area contributed by atoms with E-state index < -0.39 is 0 Å². The predicted molar refractivity (Wildman–Crippen MR) is 60.1 cm³/mol. The monoisotopic (exact) mass is 300 g/mol. The van der Waals surface area contributed by atoms with Crippen molar-refractivity contribution < 1.29 is 0 Å². The zero-order valence-electron chi connectivity index (χ0n) is 6.61. The fourth-order valence-electron chi connectivity index (χ4n) is 1.20. The number of aromatic nitrogens is 2. The molecule has 0 atom stereocenters. The van der Waals surface area contributed by atoms with E-state index in [1.54, 1.807) is 6.33 Å². The number of alkyl halides is 2. The first-order valence-electron chi connectivity index (χ1n) is 3.77. The van der Waals surface area contributed by atoms with Crippen molar-refractivity contribution in [3.63, 3.8) is 0 Å². The van der Waals surface area contributed by atoms with Gasteiger partial charge in [-0.3, -0.25) is 0 Å². The summed E-state index contributed by atoms with van der Waals surface area (Å²) in [6, 6.07) is 7.94. The molecule has 1 aromatic heterocycles. The van der Waals surface area contributed by atoms with Gasteiger partial charge in [0.2, 0.25) is 0 Å². The van der Waals surface area contributed by atoms with E-state index in [1.807, 2.05) is 24.3 Å². The minimum absolute atomic E-state index is 0.0768. The Bertz CT molecular complexity index is 423. The van der Waals surface area contributed by atoms with Crippen LogP contribution in [-0.4, -0.2) is 9.97 Å². The molecule has 2 nitrogen and oxygen atoms in total. The summed E-state index contributed by atoms with van der Waals surface area (Å²) >= 11 is 6.86. The zero-order chi connectivity index (χ0) is 9.26. The lowest BCUT2D eigenvalue weighted by molar-refractivity contribution is 1.14. The van der Waals surface area contributed by atoms with Gasteiger partial charge in [0.1, 0.15) is 10.1 Å². The molecule has 0 fully saturated rings. The first-order chi connectivity index (χ1) is 6.29. The van der Waals surface area contributed by atoms with Crippen molar-refractivity contribution in [3.8, 4) is 0 Å². The highest BCUT2D eigenvalue weighted by atomic mass is 79.9. The lowest BCUT2D eigenvalue weighted by Gasteiger charge is -2.04. The molecule has 4 heteroatoms. The zero-order valence-corrected chi connectivity index (χ0v) is 9.79. The quantitative estimate of drug-likeness (QED) is 0.754. The molecule has 0 saturated heterocycles. The summed E-state index contributed by atoms with van der Waals surface area (Å²) < 4.78 is 0.0768. The number of halogens is 2. The van der Waals surface area contributed by atoms with Crippen LogP contribution in [-0.2, 0) is 0 Å². The molecule has 1 aromatic carbocycles. The molecule has 2 rings (SSSR count). The average molecular weight is 302 g/mol. The van der Waals surface area contributed by atoms with Crippen LogP contribution in [0.5, 0.6) is 0 Å². The molecule has 0 aliphatic rings. The molecule has 0 aliphatic heterocycles. The normalized spacial score (nSPS) is 11.0. The summed E-state index contributed by atoms with van der Waals surface area (Å²) in [5.74, 6) is 0. The van der Waals surface area contributed by atoms with E-state index in [0.29, 0.717) is 0 Å². The highest BCUT2D eigenvalue weighted by Gasteiger charge is 2.08. The molecule has 0 aliphatic carbocycles. The van der Waals surface area contributed by atoms with Crippen molar-refractivity contribution in [2.45, 2.75) is 3.74 Å². The van der Waals surface area contributed by atoms with Crippen LogP contribution in [0.25, 0.3) is 10.9 Å². The SMILES string of the molecule is BrC(Br)c1ncnc2ccccc12. The highest BCUT2D eigenvalue weighted by molar-refractivity contribution is 9.24. The third-order valence-corrected chi connectivity index (χ3v) is 2.65. The second-order valence-electron chi connectivity index (χ2n) is 2.58. The highest BCUT2D eigenvalue weighted by Crippen LogP contribution is 2.31. The van der Waals surface area contributed by atoms with E-state index in [9.17, 15) is 0 Å². The third kappa shape index (κ3) is 1.74. The molecule has 0 radical (unpaired) electrons. The van der Waals surface area contributed by atoms with Crippen LogP contribution < -0.4 is 0 Å². The van der Waals surface area contributed by atoms with Crippen molar-refractivity contribution in [1.29, 1.82) is 0 Å². The molecule has 1 heterocycles. The molecule has 0 N–H and O–H groups in total. The van der Waals surface area contributed by atoms with Gasteiger partial charge in [-0.2, -0.15) is 0 Å². The van der Waals surface area contributed by atoms with E-state index >= 15 is 0 Å². The topological polar surface area (TPSA) is 25.8 Å². The fraction of sp³-hybridized carbons (Fsp3) is 0.111. The summed E-state index contributed by atoms with van der Waals surface area (Å²) in [5.41, 5.74) is 1.93. The van der Waals surface area contributed by atoms with Gasteiger partial charge in [-0.25, -0.2) is 9.97 Å². The summed E-state index contributed by atoms with van der Waals surface area (Å²) in [7, 11) is 0. The van der Waals surface area contributed by atoms with Crippen LogP contribution >= 0.6 is 31.9 Å². The molecule has 2 aromatic rings. The van der Waals surface area contributed by atoms with E-state index in [1.165, 1.54) is 0 Å². The molecular weight excluding hydrogens is 296 g/mol. The van der Waals surface area contributed by atoms with Crippen molar-refractivity contribution >= 4 is 42.8 Å². The van der Waals surface area contributed by atoms with Crippen molar-refractivity contribution in [3.05, 3.63) is 36.3 Å². The van der Waals surface area contributed by atoms with Gasteiger partial charge in [-0.05, 0) is 6.07 Å². The Morgan fingerprint density at radius 3 is 2.62 bits per heavy atom. The number of fused-ring (bicyclic) bond motifs is 1. The molecular formula is C9H6Br2N2. The van der Waals surface area contributed by atoms with Crippen LogP contribution in [0.1, 0.15) is 9.43 Å². The van der Waals surface area contributed by atoms with Crippen molar-refractivity contribution in [1.82, 2.24) is 9.97 Å². The maximum absolute atomic E-state index is 4.20. The Kier molecular flexibility index (Phi) is 2.60. The summed E-state index contributed by atoms with van der Waals surface area (Å²) in [5, 5.41) is 1.07. The van der Waals surface area contributed by atoms with Crippen molar-refractivity contribution in [2.75, 3.05) is 0 Å². The van der Waals surface area contributed by atoms with Gasteiger partial charge in [-0.1, -0.05) is 50.1 Å². The van der Waals surface area contributed by atoms with E-state index in [-0.39, 0.29) is 3.74 Å². The van der Waals surface area contributed by atoms with Crippen LogP contribution in [0.2, 0.25) is 0 Å². The van der Waals surface area contributed by atoms with Gasteiger partial charge >= 0.3 is 0 Å². The number of rotatable bonds is 1. The summed E-state index contributed by atoms with van der Waals surface area (Å²) in [4.78, 5) is 8.37. The number of hydrogen-bond donors (Lipinski definition) is 0. The van der Waals surface area contributed by atoms with Crippen LogP contribution in [0, 0.1) is 0 Å². The van der Waals surface area contributed by atoms with Gasteiger partial charge in [0.05, 0.1) is 11.2 Å². The first-order valence-corrected chi connectivity index (χ1v) is 5.60. The van der Waals surface area contributed by atoms with Crippen LogP contribution in [0.4, 0.5) is 0 Å². The molecule has 0 saturated carbocycles. The molecule has 0 unspecified atom stereocenters. The van der Waals surface area contributed by atoms with Crippen LogP contribution in [0.15, 0.2) is 30.6 Å². The van der Waals surface area contributed by atoms with E-state index in [0.717, 1.165) is 16.6 Å². The second-order valence-corrected chi connectivity index (χ2v) is 5.64. The number of para-hydroxylation sites is 1. The number of hydrogen-bond acceptors (Lipinski definition) is 2. The Morgan fingerprint density at radius 1 is 1.08 bits per heavy atom. The Labute approximate surface area is 92.7 Å². The number of nitrogens with zero attached hydrogens (tertiary/aromatic N) is 2. The van der Waals surface area contributed by atoms with Crippen molar-refractivity contribution in [2.24, 2.45) is 0 Å². The minimum atomic E-state index is 0.0768. The largest absolute Gasteiger partial charge is 0.239 e. The lowest BCUT2D eigenvalue weighted by Crippen LogP contribution is -1.91. The number of benzene rings is 1. The Balaban J connectivity index is 2.76. The average Bonchev–Trinajstić information content (AvgIpc) is 2.17. The second kappa shape index (κ2) is 3.72. The fourth-order valence-corrected chi connectivity index (χ4v) is 1.93. The molecule has 0 spiro atoms. The Hall–Kier alpha value is -0.480. The molecule has 66 valence electrons. The van der Waals surface area contributed by atoms with Gasteiger partial charge in [-0.15, -0.1) is 0 Å². The maximum Gasteiger partial charge on any atom is 0.116 e. The molecule has 0 bridgehead atoms. The van der Waals surface area contributed by atoms with Gasteiger partial charge < -0.3 is 0 Å². The summed E-state index contributed by atoms with van der Waals surface area (Å²) in [6.07, 6.45) is 1.58.